The Hall–Kier alpha value is -0.440. The van der Waals surface area contributed by atoms with Gasteiger partial charge in [-0.25, -0.2) is 0 Å². The van der Waals surface area contributed by atoms with Crippen LogP contribution in [0.2, 0.25) is 0 Å². The van der Waals surface area contributed by atoms with Crippen LogP contribution in [-0.4, -0.2) is 18.4 Å². The molecule has 0 aliphatic rings. The summed E-state index contributed by atoms with van der Waals surface area (Å²) >= 11 is 0. The molecule has 0 spiro atoms. The average molecular weight is 200 g/mol. The summed E-state index contributed by atoms with van der Waals surface area (Å²) in [5.74, 6) is 0.555. The quantitative estimate of drug-likeness (QED) is 0.638. The molecule has 1 atom stereocenters. The van der Waals surface area contributed by atoms with Crippen molar-refractivity contribution < 1.29 is 4.74 Å². The fourth-order valence-electron chi connectivity index (χ4n) is 1.18. The third-order valence-corrected chi connectivity index (χ3v) is 1.79. The van der Waals surface area contributed by atoms with Gasteiger partial charge in [0.1, 0.15) is 0 Å². The van der Waals surface area contributed by atoms with Crippen molar-refractivity contribution in [2.45, 2.75) is 59.2 Å². The highest BCUT2D eigenvalue weighted by Crippen LogP contribution is 2.23. The summed E-state index contributed by atoms with van der Waals surface area (Å²) in [6, 6.07) is 0. The van der Waals surface area contributed by atoms with Crippen LogP contribution < -0.4 is 0 Å². The molecule has 0 radical (unpaired) electrons. The molecule has 14 heavy (non-hydrogen) atoms. The SMILES string of the molecule is COC(C)(CC(C)C)N=NC(C)(C)C. The molecular weight excluding hydrogens is 176 g/mol. The van der Waals surface area contributed by atoms with Crippen LogP contribution >= 0.6 is 0 Å². The van der Waals surface area contributed by atoms with Gasteiger partial charge in [0.15, 0.2) is 5.72 Å². The van der Waals surface area contributed by atoms with Crippen molar-refractivity contribution in [2.24, 2.45) is 16.1 Å². The monoisotopic (exact) mass is 200 g/mol. The van der Waals surface area contributed by atoms with Crippen LogP contribution in [0.3, 0.4) is 0 Å². The Bertz CT molecular complexity index is 194. The first-order chi connectivity index (χ1) is 6.18. The predicted molar refractivity (Wildman–Crippen MR) is 59.5 cm³/mol. The largest absolute Gasteiger partial charge is 0.356 e. The molecule has 0 heterocycles. The minimum Gasteiger partial charge on any atom is -0.356 e. The van der Waals surface area contributed by atoms with Gasteiger partial charge in [-0.05, 0) is 33.6 Å². The highest BCUT2D eigenvalue weighted by Gasteiger charge is 2.25. The van der Waals surface area contributed by atoms with E-state index in [0.29, 0.717) is 5.92 Å². The van der Waals surface area contributed by atoms with Gasteiger partial charge in [0.2, 0.25) is 0 Å². The molecule has 3 nitrogen and oxygen atoms in total. The first kappa shape index (κ1) is 13.6. The molecule has 0 saturated carbocycles. The van der Waals surface area contributed by atoms with Crippen molar-refractivity contribution in [3.8, 4) is 0 Å². The molecule has 0 aromatic carbocycles. The van der Waals surface area contributed by atoms with Gasteiger partial charge in [0, 0.05) is 13.5 Å². The van der Waals surface area contributed by atoms with Crippen molar-refractivity contribution in [3.63, 3.8) is 0 Å². The number of ether oxygens (including phenoxy) is 1. The summed E-state index contributed by atoms with van der Waals surface area (Å²) in [4.78, 5) is 0. The molecule has 84 valence electrons. The van der Waals surface area contributed by atoms with Crippen LogP contribution in [0.4, 0.5) is 0 Å². The van der Waals surface area contributed by atoms with Gasteiger partial charge >= 0.3 is 0 Å². The minimum absolute atomic E-state index is 0.128. The molecule has 0 aliphatic carbocycles. The smallest absolute Gasteiger partial charge is 0.175 e. The summed E-state index contributed by atoms with van der Waals surface area (Å²) < 4.78 is 5.38. The van der Waals surface area contributed by atoms with E-state index in [1.54, 1.807) is 7.11 Å². The highest BCUT2D eigenvalue weighted by molar-refractivity contribution is 4.75. The third-order valence-electron chi connectivity index (χ3n) is 1.79. The average Bonchev–Trinajstić information content (AvgIpc) is 1.99. The summed E-state index contributed by atoms with van der Waals surface area (Å²) in [6.45, 7) is 12.4. The Kier molecular flexibility index (Phi) is 4.72. The number of azo groups is 1. The minimum atomic E-state index is -0.471. The van der Waals surface area contributed by atoms with E-state index in [0.717, 1.165) is 6.42 Å². The second kappa shape index (κ2) is 4.87. The molecule has 3 heteroatoms. The molecule has 0 bridgehead atoms. The van der Waals surface area contributed by atoms with E-state index in [1.165, 1.54) is 0 Å². The number of nitrogens with zero attached hydrogens (tertiary/aromatic N) is 2. The molecule has 0 rings (SSSR count). The van der Waals surface area contributed by atoms with Gasteiger partial charge in [0.05, 0.1) is 5.54 Å². The van der Waals surface area contributed by atoms with Crippen molar-refractivity contribution >= 4 is 0 Å². The van der Waals surface area contributed by atoms with E-state index < -0.39 is 5.72 Å². The van der Waals surface area contributed by atoms with Crippen LogP contribution in [0.1, 0.15) is 48.0 Å². The number of hydrogen-bond acceptors (Lipinski definition) is 3. The van der Waals surface area contributed by atoms with E-state index in [1.807, 2.05) is 27.7 Å². The van der Waals surface area contributed by atoms with E-state index in [-0.39, 0.29) is 5.54 Å². The molecule has 0 fully saturated rings. The molecule has 0 saturated heterocycles. The molecule has 1 unspecified atom stereocenters. The molecule has 0 N–H and O–H groups in total. The summed E-state index contributed by atoms with van der Waals surface area (Å²) in [5.41, 5.74) is -0.599. The Balaban J connectivity index is 4.47. The fourth-order valence-corrected chi connectivity index (χ4v) is 1.18. The van der Waals surface area contributed by atoms with Gasteiger partial charge < -0.3 is 4.74 Å². The first-order valence-electron chi connectivity index (χ1n) is 5.18. The standard InChI is InChI=1S/C11H24N2O/c1-9(2)8-11(6,14-7)13-12-10(3,4)5/h9H,8H2,1-7H3. The lowest BCUT2D eigenvalue weighted by Crippen LogP contribution is -2.27. The van der Waals surface area contributed by atoms with Crippen LogP contribution in [-0.2, 0) is 4.74 Å². The Morgan fingerprint density at radius 1 is 1.07 bits per heavy atom. The van der Waals surface area contributed by atoms with Crippen LogP contribution in [0, 0.1) is 5.92 Å². The lowest BCUT2D eigenvalue weighted by Gasteiger charge is -2.25. The first-order valence-corrected chi connectivity index (χ1v) is 5.18. The van der Waals surface area contributed by atoms with Gasteiger partial charge in [-0.2, -0.15) is 10.2 Å². The van der Waals surface area contributed by atoms with Gasteiger partial charge in [-0.15, -0.1) is 0 Å². The zero-order valence-corrected chi connectivity index (χ0v) is 10.6. The maximum absolute atomic E-state index is 5.38. The van der Waals surface area contributed by atoms with E-state index >= 15 is 0 Å². The third kappa shape index (κ3) is 6.08. The van der Waals surface area contributed by atoms with Crippen molar-refractivity contribution in [2.75, 3.05) is 7.11 Å². The second-order valence-corrected chi connectivity index (χ2v) is 5.35. The number of hydrogen-bond donors (Lipinski definition) is 0. The van der Waals surface area contributed by atoms with Crippen LogP contribution in [0.15, 0.2) is 10.2 Å². The van der Waals surface area contributed by atoms with Crippen LogP contribution in [0.25, 0.3) is 0 Å². The number of methoxy groups -OCH3 is 1. The maximum Gasteiger partial charge on any atom is 0.175 e. The molecular formula is C11H24N2O. The highest BCUT2D eigenvalue weighted by atomic mass is 16.5. The zero-order valence-electron chi connectivity index (χ0n) is 10.6. The van der Waals surface area contributed by atoms with Crippen molar-refractivity contribution in [3.05, 3.63) is 0 Å². The Morgan fingerprint density at radius 3 is 1.86 bits per heavy atom. The van der Waals surface area contributed by atoms with Crippen LogP contribution in [0.5, 0.6) is 0 Å². The zero-order chi connectivity index (χ0) is 11.4. The van der Waals surface area contributed by atoms with Gasteiger partial charge in [-0.1, -0.05) is 13.8 Å². The van der Waals surface area contributed by atoms with E-state index in [4.69, 9.17) is 4.74 Å². The van der Waals surface area contributed by atoms with E-state index in [2.05, 4.69) is 24.1 Å². The lowest BCUT2D eigenvalue weighted by molar-refractivity contribution is -0.0111. The van der Waals surface area contributed by atoms with Gasteiger partial charge in [-0.3, -0.25) is 0 Å². The predicted octanol–water partition coefficient (Wildman–Crippen LogP) is 3.65. The second-order valence-electron chi connectivity index (χ2n) is 5.35. The maximum atomic E-state index is 5.38. The van der Waals surface area contributed by atoms with E-state index in [9.17, 15) is 0 Å². The molecule has 0 amide bonds. The summed E-state index contributed by atoms with van der Waals surface area (Å²) in [6.07, 6.45) is 0.892. The molecule has 0 aromatic heterocycles. The Labute approximate surface area is 87.9 Å². The fraction of sp³-hybridized carbons (Fsp3) is 1.00. The van der Waals surface area contributed by atoms with Crippen molar-refractivity contribution in [1.82, 2.24) is 0 Å². The van der Waals surface area contributed by atoms with Crippen molar-refractivity contribution in [1.29, 1.82) is 0 Å². The normalized spacial score (nSPS) is 17.7. The summed E-state index contributed by atoms with van der Waals surface area (Å²) in [7, 11) is 1.68. The number of rotatable bonds is 4. The van der Waals surface area contributed by atoms with Gasteiger partial charge in [0.25, 0.3) is 0 Å². The summed E-state index contributed by atoms with van der Waals surface area (Å²) in [5, 5.41) is 8.54. The molecule has 0 aliphatic heterocycles. The molecule has 0 aromatic rings. The Morgan fingerprint density at radius 2 is 1.57 bits per heavy atom. The topological polar surface area (TPSA) is 34.0 Å². The lowest BCUT2D eigenvalue weighted by atomic mass is 10.0.